The number of pyridine rings is 1. The fraction of sp³-hybridized carbons (Fsp3) is 0.545. The van der Waals surface area contributed by atoms with E-state index in [1.165, 1.54) is 0 Å². The fourth-order valence-corrected chi connectivity index (χ4v) is 4.34. The number of aromatic nitrogens is 3. The average Bonchev–Trinajstić information content (AvgIpc) is 2.74. The fourth-order valence-electron chi connectivity index (χ4n) is 4.34. The van der Waals surface area contributed by atoms with Crippen LogP contribution in [0.5, 0.6) is 0 Å². The standard InChI is InChI=1S/C22H30N6O2/c1-16-6-7-20(17(2)24-16)22(30)27-8-4-5-18(15-27)28-21(29)13-19(14-23-28)26-11-9-25(3)10-12-26/h6-7,13-14,18H,4-5,8-12,15H2,1-3H3. The van der Waals surface area contributed by atoms with E-state index < -0.39 is 0 Å². The minimum atomic E-state index is -0.101. The van der Waals surface area contributed by atoms with Crippen LogP contribution in [0.4, 0.5) is 5.69 Å². The van der Waals surface area contributed by atoms with Crippen LogP contribution >= 0.6 is 0 Å². The molecule has 2 aromatic rings. The number of aryl methyl sites for hydroxylation is 2. The molecule has 1 unspecified atom stereocenters. The van der Waals surface area contributed by atoms with Crippen LogP contribution in [0, 0.1) is 13.8 Å². The van der Waals surface area contributed by atoms with Gasteiger partial charge >= 0.3 is 0 Å². The lowest BCUT2D eigenvalue weighted by atomic mass is 10.0. The Morgan fingerprint density at radius 2 is 1.87 bits per heavy atom. The molecule has 2 saturated heterocycles. The molecular formula is C22H30N6O2. The Balaban J connectivity index is 1.49. The van der Waals surface area contributed by atoms with E-state index in [-0.39, 0.29) is 17.5 Å². The largest absolute Gasteiger partial charge is 0.368 e. The third-order valence-electron chi connectivity index (χ3n) is 6.17. The monoisotopic (exact) mass is 410 g/mol. The van der Waals surface area contributed by atoms with Gasteiger partial charge < -0.3 is 14.7 Å². The zero-order chi connectivity index (χ0) is 21.3. The molecule has 0 saturated carbocycles. The molecule has 0 spiro atoms. The number of likely N-dealkylation sites (N-methyl/N-ethyl adjacent to an activating group) is 1. The number of piperidine rings is 1. The predicted octanol–water partition coefficient (Wildman–Crippen LogP) is 1.48. The van der Waals surface area contributed by atoms with E-state index >= 15 is 0 Å². The molecule has 160 valence electrons. The predicted molar refractivity (Wildman–Crippen MR) is 116 cm³/mol. The van der Waals surface area contributed by atoms with E-state index in [1.54, 1.807) is 16.9 Å². The molecule has 0 aliphatic carbocycles. The highest BCUT2D eigenvalue weighted by atomic mass is 16.2. The molecule has 1 amide bonds. The number of likely N-dealkylation sites (tertiary alicyclic amines) is 1. The number of hydrogen-bond acceptors (Lipinski definition) is 6. The maximum Gasteiger partial charge on any atom is 0.269 e. The molecule has 2 aliphatic heterocycles. The highest BCUT2D eigenvalue weighted by molar-refractivity contribution is 5.95. The quantitative estimate of drug-likeness (QED) is 0.763. The molecule has 2 aliphatic rings. The summed E-state index contributed by atoms with van der Waals surface area (Å²) < 4.78 is 1.55. The molecule has 30 heavy (non-hydrogen) atoms. The van der Waals surface area contributed by atoms with Crippen molar-refractivity contribution in [3.8, 4) is 0 Å². The second-order valence-electron chi connectivity index (χ2n) is 8.42. The highest BCUT2D eigenvalue weighted by Crippen LogP contribution is 2.23. The van der Waals surface area contributed by atoms with Crippen LogP contribution in [0.1, 0.15) is 40.6 Å². The average molecular weight is 411 g/mol. The van der Waals surface area contributed by atoms with E-state index in [9.17, 15) is 9.59 Å². The smallest absolute Gasteiger partial charge is 0.269 e. The number of carbonyl (C=O) groups excluding carboxylic acids is 1. The van der Waals surface area contributed by atoms with Crippen LogP contribution in [0.2, 0.25) is 0 Å². The Bertz CT molecular complexity index is 980. The van der Waals surface area contributed by atoms with E-state index in [0.29, 0.717) is 18.7 Å². The number of nitrogens with zero attached hydrogens (tertiary/aromatic N) is 6. The van der Waals surface area contributed by atoms with Gasteiger partial charge in [0, 0.05) is 51.0 Å². The first-order valence-corrected chi connectivity index (χ1v) is 10.7. The van der Waals surface area contributed by atoms with Gasteiger partial charge in [0.1, 0.15) is 0 Å². The van der Waals surface area contributed by atoms with Crippen molar-refractivity contribution in [1.82, 2.24) is 24.6 Å². The van der Waals surface area contributed by atoms with Gasteiger partial charge in [-0.25, -0.2) is 4.68 Å². The second-order valence-corrected chi connectivity index (χ2v) is 8.42. The normalized spacial score (nSPS) is 20.4. The number of amides is 1. The molecule has 2 fully saturated rings. The topological polar surface area (TPSA) is 74.6 Å². The van der Waals surface area contributed by atoms with E-state index in [4.69, 9.17) is 0 Å². The number of anilines is 1. The van der Waals surface area contributed by atoms with Crippen LogP contribution in [0.25, 0.3) is 0 Å². The lowest BCUT2D eigenvalue weighted by molar-refractivity contribution is 0.0668. The number of rotatable bonds is 3. The molecule has 2 aromatic heterocycles. The van der Waals surface area contributed by atoms with Crippen molar-refractivity contribution in [3.63, 3.8) is 0 Å². The lowest BCUT2D eigenvalue weighted by Crippen LogP contribution is -2.46. The molecule has 0 aromatic carbocycles. The summed E-state index contributed by atoms with van der Waals surface area (Å²) in [5.74, 6) is -0.0215. The zero-order valence-electron chi connectivity index (χ0n) is 18.0. The van der Waals surface area contributed by atoms with E-state index in [1.807, 2.05) is 30.9 Å². The van der Waals surface area contributed by atoms with Gasteiger partial charge in [-0.15, -0.1) is 0 Å². The van der Waals surface area contributed by atoms with Gasteiger partial charge in [-0.1, -0.05) is 0 Å². The Labute approximate surface area is 177 Å². The summed E-state index contributed by atoms with van der Waals surface area (Å²) >= 11 is 0. The number of piperazine rings is 1. The Hall–Kier alpha value is -2.74. The van der Waals surface area contributed by atoms with Gasteiger partial charge in [-0.05, 0) is 45.9 Å². The zero-order valence-corrected chi connectivity index (χ0v) is 18.0. The molecule has 0 N–H and O–H groups in total. The van der Waals surface area contributed by atoms with E-state index in [2.05, 4.69) is 26.9 Å². The summed E-state index contributed by atoms with van der Waals surface area (Å²) in [6.45, 7) is 8.73. The molecule has 4 rings (SSSR count). The van der Waals surface area contributed by atoms with Crippen LogP contribution in [0.15, 0.2) is 29.2 Å². The number of carbonyl (C=O) groups is 1. The Morgan fingerprint density at radius 1 is 1.10 bits per heavy atom. The molecule has 8 heteroatoms. The van der Waals surface area contributed by atoms with Gasteiger partial charge in [0.05, 0.1) is 29.2 Å². The van der Waals surface area contributed by atoms with Crippen molar-refractivity contribution in [3.05, 3.63) is 51.7 Å². The highest BCUT2D eigenvalue weighted by Gasteiger charge is 2.28. The summed E-state index contributed by atoms with van der Waals surface area (Å²) in [6, 6.07) is 5.30. The van der Waals surface area contributed by atoms with Crippen LogP contribution in [0.3, 0.4) is 0 Å². The summed E-state index contributed by atoms with van der Waals surface area (Å²) in [5, 5.41) is 4.49. The van der Waals surface area contributed by atoms with Crippen molar-refractivity contribution in [1.29, 1.82) is 0 Å². The van der Waals surface area contributed by atoms with Crippen molar-refractivity contribution in [2.45, 2.75) is 32.7 Å². The molecule has 4 heterocycles. The van der Waals surface area contributed by atoms with Crippen molar-refractivity contribution in [2.75, 3.05) is 51.2 Å². The van der Waals surface area contributed by atoms with Crippen LogP contribution in [-0.4, -0.2) is 76.8 Å². The van der Waals surface area contributed by atoms with Gasteiger partial charge in [-0.3, -0.25) is 14.6 Å². The summed E-state index contributed by atoms with van der Waals surface area (Å²) in [7, 11) is 2.11. The maximum absolute atomic E-state index is 13.0. The Kier molecular flexibility index (Phi) is 5.85. The molecule has 1 atom stereocenters. The first-order chi connectivity index (χ1) is 14.4. The first kappa shape index (κ1) is 20.5. The minimum Gasteiger partial charge on any atom is -0.368 e. The molecule has 0 radical (unpaired) electrons. The van der Waals surface area contributed by atoms with Gasteiger partial charge in [-0.2, -0.15) is 5.10 Å². The van der Waals surface area contributed by atoms with Gasteiger partial charge in [0.2, 0.25) is 0 Å². The summed E-state index contributed by atoms with van der Waals surface area (Å²) in [6.07, 6.45) is 3.49. The summed E-state index contributed by atoms with van der Waals surface area (Å²) in [5.41, 5.74) is 3.06. The van der Waals surface area contributed by atoms with Crippen LogP contribution in [-0.2, 0) is 0 Å². The van der Waals surface area contributed by atoms with Crippen LogP contribution < -0.4 is 10.5 Å². The summed E-state index contributed by atoms with van der Waals surface area (Å²) in [4.78, 5) is 36.6. The van der Waals surface area contributed by atoms with Crippen molar-refractivity contribution < 1.29 is 4.79 Å². The lowest BCUT2D eigenvalue weighted by Gasteiger charge is -2.35. The first-order valence-electron chi connectivity index (χ1n) is 10.7. The SMILES string of the molecule is Cc1ccc(C(=O)N2CCCC(n3ncc(N4CCN(C)CC4)cc3=O)C2)c(C)n1. The minimum absolute atomic E-state index is 0.0215. The van der Waals surface area contributed by atoms with Crippen molar-refractivity contribution >= 4 is 11.6 Å². The maximum atomic E-state index is 13.0. The number of hydrogen-bond donors (Lipinski definition) is 0. The molecule has 0 bridgehead atoms. The van der Waals surface area contributed by atoms with Gasteiger partial charge in [0.25, 0.3) is 11.5 Å². The molecule has 8 nitrogen and oxygen atoms in total. The van der Waals surface area contributed by atoms with Crippen molar-refractivity contribution in [2.24, 2.45) is 0 Å². The molecular weight excluding hydrogens is 380 g/mol. The van der Waals surface area contributed by atoms with Gasteiger partial charge in [0.15, 0.2) is 0 Å². The van der Waals surface area contributed by atoms with E-state index in [0.717, 1.165) is 56.1 Å². The Morgan fingerprint density at radius 3 is 2.57 bits per heavy atom. The third kappa shape index (κ3) is 4.23. The third-order valence-corrected chi connectivity index (χ3v) is 6.17. The second kappa shape index (κ2) is 8.55.